The molecule has 4 rings (SSSR count). The van der Waals surface area contributed by atoms with Gasteiger partial charge in [0.15, 0.2) is 0 Å². The van der Waals surface area contributed by atoms with Crippen LogP contribution in [0.15, 0.2) is 30.3 Å². The number of hydrogen-bond acceptors (Lipinski definition) is 3. The van der Waals surface area contributed by atoms with E-state index in [-0.39, 0.29) is 5.92 Å². The summed E-state index contributed by atoms with van der Waals surface area (Å²) in [5.41, 5.74) is 5.75. The van der Waals surface area contributed by atoms with Gasteiger partial charge in [-0.1, -0.05) is 35.9 Å². The standard InChI is InChI=1S/C23H26ClNO3/c1-14-7-17(10-25-11-19(12-25)23(26)27)8-15(2)22(14)28-13-16-3-6-20(18-4-5-18)21(24)9-16/h3,6-9,18-19H,4-5,10-13H2,1-2H3,(H,26,27). The van der Waals surface area contributed by atoms with Crippen molar-refractivity contribution in [3.8, 4) is 5.75 Å². The second kappa shape index (κ2) is 7.76. The van der Waals surface area contributed by atoms with E-state index in [1.807, 2.05) is 6.07 Å². The fraction of sp³-hybridized carbons (Fsp3) is 0.435. The number of ether oxygens (including phenoxy) is 1. The van der Waals surface area contributed by atoms with E-state index in [9.17, 15) is 4.79 Å². The topological polar surface area (TPSA) is 49.8 Å². The Balaban J connectivity index is 1.38. The highest BCUT2D eigenvalue weighted by Gasteiger charge is 2.32. The summed E-state index contributed by atoms with van der Waals surface area (Å²) in [4.78, 5) is 13.1. The van der Waals surface area contributed by atoms with Crippen molar-refractivity contribution in [1.29, 1.82) is 0 Å². The highest BCUT2D eigenvalue weighted by Crippen LogP contribution is 2.43. The Labute approximate surface area is 171 Å². The van der Waals surface area contributed by atoms with Crippen LogP contribution in [0.25, 0.3) is 0 Å². The van der Waals surface area contributed by atoms with Crippen molar-refractivity contribution in [2.24, 2.45) is 5.92 Å². The number of carboxylic acids is 1. The maximum absolute atomic E-state index is 10.9. The number of nitrogens with zero attached hydrogens (tertiary/aromatic N) is 1. The van der Waals surface area contributed by atoms with Crippen LogP contribution in [0.3, 0.4) is 0 Å². The largest absolute Gasteiger partial charge is 0.488 e. The monoisotopic (exact) mass is 399 g/mol. The van der Waals surface area contributed by atoms with Gasteiger partial charge in [0, 0.05) is 24.7 Å². The minimum absolute atomic E-state index is 0.220. The zero-order valence-electron chi connectivity index (χ0n) is 16.4. The maximum Gasteiger partial charge on any atom is 0.309 e. The van der Waals surface area contributed by atoms with Crippen LogP contribution in [0.4, 0.5) is 0 Å². The van der Waals surface area contributed by atoms with E-state index in [0.29, 0.717) is 25.6 Å². The number of carbonyl (C=O) groups is 1. The Bertz CT molecular complexity index is 878. The van der Waals surface area contributed by atoms with Crippen LogP contribution >= 0.6 is 11.6 Å². The molecular weight excluding hydrogens is 374 g/mol. The summed E-state index contributed by atoms with van der Waals surface area (Å²) >= 11 is 6.43. The Kier molecular flexibility index (Phi) is 5.35. The molecule has 0 spiro atoms. The summed E-state index contributed by atoms with van der Waals surface area (Å²) < 4.78 is 6.12. The minimum atomic E-state index is -0.697. The highest BCUT2D eigenvalue weighted by molar-refractivity contribution is 6.31. The van der Waals surface area contributed by atoms with Crippen LogP contribution in [0.5, 0.6) is 5.75 Å². The lowest BCUT2D eigenvalue weighted by Gasteiger charge is -2.36. The zero-order valence-corrected chi connectivity index (χ0v) is 17.1. The van der Waals surface area contributed by atoms with Gasteiger partial charge in [-0.05, 0) is 66.5 Å². The summed E-state index contributed by atoms with van der Waals surface area (Å²) in [6.07, 6.45) is 2.49. The van der Waals surface area contributed by atoms with Gasteiger partial charge in [0.2, 0.25) is 0 Å². The van der Waals surface area contributed by atoms with Gasteiger partial charge in [-0.15, -0.1) is 0 Å². The third kappa shape index (κ3) is 4.18. The van der Waals surface area contributed by atoms with Crippen LogP contribution in [0.2, 0.25) is 5.02 Å². The molecule has 2 aromatic rings. The average molecular weight is 400 g/mol. The predicted molar refractivity (Wildman–Crippen MR) is 110 cm³/mol. The summed E-state index contributed by atoms with van der Waals surface area (Å²) in [6.45, 7) is 6.66. The minimum Gasteiger partial charge on any atom is -0.488 e. The van der Waals surface area contributed by atoms with Crippen LogP contribution in [0.1, 0.15) is 46.6 Å². The molecule has 28 heavy (non-hydrogen) atoms. The lowest BCUT2D eigenvalue weighted by molar-refractivity contribution is -0.147. The molecule has 1 N–H and O–H groups in total. The normalized spacial score (nSPS) is 17.4. The van der Waals surface area contributed by atoms with Gasteiger partial charge in [0.25, 0.3) is 0 Å². The van der Waals surface area contributed by atoms with Gasteiger partial charge in [-0.3, -0.25) is 9.69 Å². The number of halogens is 1. The molecule has 148 valence electrons. The van der Waals surface area contributed by atoms with E-state index < -0.39 is 5.97 Å². The fourth-order valence-corrected chi connectivity index (χ4v) is 4.37. The Morgan fingerprint density at radius 1 is 1.14 bits per heavy atom. The molecule has 0 aromatic heterocycles. The molecule has 1 saturated heterocycles. The van der Waals surface area contributed by atoms with E-state index in [1.54, 1.807) is 0 Å². The molecule has 0 amide bonds. The third-order valence-corrected chi connectivity index (χ3v) is 6.03. The molecule has 2 aliphatic rings. The summed E-state index contributed by atoms with van der Waals surface area (Å²) in [6, 6.07) is 10.6. The highest BCUT2D eigenvalue weighted by atomic mass is 35.5. The van der Waals surface area contributed by atoms with Crippen molar-refractivity contribution in [3.05, 3.63) is 63.2 Å². The molecule has 4 nitrogen and oxygen atoms in total. The SMILES string of the molecule is Cc1cc(CN2CC(C(=O)O)C2)cc(C)c1OCc1ccc(C2CC2)c(Cl)c1. The molecule has 2 aromatic carbocycles. The molecule has 0 bridgehead atoms. The van der Waals surface area contributed by atoms with Crippen molar-refractivity contribution >= 4 is 17.6 Å². The van der Waals surface area contributed by atoms with Crippen LogP contribution in [-0.4, -0.2) is 29.1 Å². The Hall–Kier alpha value is -2.04. The van der Waals surface area contributed by atoms with Crippen molar-refractivity contribution in [1.82, 2.24) is 4.90 Å². The lowest BCUT2D eigenvalue weighted by Crippen LogP contribution is -2.49. The van der Waals surface area contributed by atoms with Crippen LogP contribution in [0, 0.1) is 19.8 Å². The first-order valence-corrected chi connectivity index (χ1v) is 10.2. The smallest absolute Gasteiger partial charge is 0.309 e. The van der Waals surface area contributed by atoms with Crippen LogP contribution < -0.4 is 4.74 Å². The van der Waals surface area contributed by atoms with E-state index in [4.69, 9.17) is 21.4 Å². The second-order valence-electron chi connectivity index (χ2n) is 8.21. The van der Waals surface area contributed by atoms with Gasteiger partial charge in [0.05, 0.1) is 5.92 Å². The molecule has 1 heterocycles. The first-order chi connectivity index (χ1) is 13.4. The van der Waals surface area contributed by atoms with Crippen molar-refractivity contribution in [3.63, 3.8) is 0 Å². The fourth-order valence-electron chi connectivity index (χ4n) is 4.01. The predicted octanol–water partition coefficient (Wildman–Crippen LogP) is 4.93. The molecular formula is C23H26ClNO3. The van der Waals surface area contributed by atoms with E-state index in [1.165, 1.54) is 24.0 Å². The maximum atomic E-state index is 10.9. The molecule has 1 aliphatic heterocycles. The van der Waals surface area contributed by atoms with Gasteiger partial charge in [-0.2, -0.15) is 0 Å². The number of aliphatic carboxylic acids is 1. The van der Waals surface area contributed by atoms with E-state index in [0.717, 1.165) is 34.0 Å². The number of rotatable bonds is 7. The van der Waals surface area contributed by atoms with Gasteiger partial charge < -0.3 is 9.84 Å². The first-order valence-electron chi connectivity index (χ1n) is 9.87. The lowest BCUT2D eigenvalue weighted by atomic mass is 9.98. The Morgan fingerprint density at radius 2 is 1.82 bits per heavy atom. The molecule has 1 saturated carbocycles. The number of benzene rings is 2. The average Bonchev–Trinajstić information content (AvgIpc) is 3.41. The van der Waals surface area contributed by atoms with Crippen LogP contribution in [-0.2, 0) is 17.9 Å². The number of hydrogen-bond donors (Lipinski definition) is 1. The van der Waals surface area contributed by atoms with Crippen molar-refractivity contribution in [2.75, 3.05) is 13.1 Å². The van der Waals surface area contributed by atoms with Crippen molar-refractivity contribution in [2.45, 2.75) is 45.8 Å². The van der Waals surface area contributed by atoms with E-state index >= 15 is 0 Å². The zero-order chi connectivity index (χ0) is 19.8. The van der Waals surface area contributed by atoms with Crippen molar-refractivity contribution < 1.29 is 14.6 Å². The quantitative estimate of drug-likeness (QED) is 0.717. The molecule has 5 heteroatoms. The second-order valence-corrected chi connectivity index (χ2v) is 8.61. The summed E-state index contributed by atoms with van der Waals surface area (Å²) in [7, 11) is 0. The molecule has 0 radical (unpaired) electrons. The molecule has 0 atom stereocenters. The molecule has 1 aliphatic carbocycles. The molecule has 0 unspecified atom stereocenters. The summed E-state index contributed by atoms with van der Waals surface area (Å²) in [5.74, 6) is 0.649. The molecule has 2 fully saturated rings. The van der Waals surface area contributed by atoms with Gasteiger partial charge >= 0.3 is 5.97 Å². The number of likely N-dealkylation sites (tertiary alicyclic amines) is 1. The van der Waals surface area contributed by atoms with Gasteiger partial charge in [0.1, 0.15) is 12.4 Å². The number of carboxylic acid groups (broad SMARTS) is 1. The first kappa shape index (κ1) is 19.3. The number of aryl methyl sites for hydroxylation is 2. The summed E-state index contributed by atoms with van der Waals surface area (Å²) in [5, 5.41) is 9.85. The van der Waals surface area contributed by atoms with Gasteiger partial charge in [-0.25, -0.2) is 0 Å². The Morgan fingerprint density at radius 3 is 2.39 bits per heavy atom. The van der Waals surface area contributed by atoms with E-state index in [2.05, 4.69) is 43.0 Å². The third-order valence-electron chi connectivity index (χ3n) is 5.70.